The van der Waals surface area contributed by atoms with Crippen LogP contribution < -0.4 is 18.9 Å². The van der Waals surface area contributed by atoms with Crippen LogP contribution in [0.2, 0.25) is 0 Å². The molecule has 2 heterocycles. The maximum Gasteiger partial charge on any atom is 0.343 e. The Hall–Kier alpha value is -4.13. The zero-order valence-corrected chi connectivity index (χ0v) is 16.3. The fourth-order valence-electron chi connectivity index (χ4n) is 3.44. The third-order valence-electron chi connectivity index (χ3n) is 4.93. The molecule has 0 saturated carbocycles. The Bertz CT molecular complexity index is 1260. The number of ketones is 1. The molecule has 3 aromatic carbocycles. The average molecular weight is 418 g/mol. The molecule has 3 aromatic rings. The smallest absolute Gasteiger partial charge is 0.343 e. The number of esters is 1. The van der Waals surface area contributed by atoms with Gasteiger partial charge in [-0.2, -0.15) is 0 Å². The van der Waals surface area contributed by atoms with E-state index in [1.807, 2.05) is 0 Å². The highest BCUT2D eigenvalue weighted by atomic mass is 19.1. The molecule has 7 heteroatoms. The van der Waals surface area contributed by atoms with E-state index in [1.165, 1.54) is 18.2 Å². The minimum Gasteiger partial charge on any atom is -0.454 e. The van der Waals surface area contributed by atoms with Gasteiger partial charge in [0, 0.05) is 6.07 Å². The number of carbonyl (C=O) groups is 2. The molecule has 2 aliphatic rings. The molecule has 0 N–H and O–H groups in total. The molecule has 0 aliphatic carbocycles. The summed E-state index contributed by atoms with van der Waals surface area (Å²) in [6, 6.07) is 13.6. The second-order valence-electron chi connectivity index (χ2n) is 7.06. The average Bonchev–Trinajstić information content (AvgIpc) is 3.33. The number of allylic oxidation sites excluding steroid dienone is 1. The van der Waals surface area contributed by atoms with E-state index in [1.54, 1.807) is 49.4 Å². The van der Waals surface area contributed by atoms with E-state index in [4.69, 9.17) is 18.9 Å². The van der Waals surface area contributed by atoms with Gasteiger partial charge in [0.05, 0.1) is 11.1 Å². The van der Waals surface area contributed by atoms with E-state index in [0.29, 0.717) is 39.5 Å². The van der Waals surface area contributed by atoms with Crippen LogP contribution in [0.15, 0.2) is 60.4 Å². The summed E-state index contributed by atoms with van der Waals surface area (Å²) in [4.78, 5) is 25.3. The summed E-state index contributed by atoms with van der Waals surface area (Å²) < 4.78 is 34.8. The van der Waals surface area contributed by atoms with Crippen molar-refractivity contribution in [1.29, 1.82) is 0 Å². The first-order chi connectivity index (χ1) is 15.0. The number of benzene rings is 3. The fourth-order valence-corrected chi connectivity index (χ4v) is 3.44. The van der Waals surface area contributed by atoms with Crippen LogP contribution in [0, 0.1) is 12.7 Å². The molecular weight excluding hydrogens is 403 g/mol. The van der Waals surface area contributed by atoms with Crippen molar-refractivity contribution in [3.05, 3.63) is 88.4 Å². The van der Waals surface area contributed by atoms with E-state index in [0.717, 1.165) is 0 Å². The molecule has 0 bridgehead atoms. The zero-order chi connectivity index (χ0) is 21.5. The lowest BCUT2D eigenvalue weighted by Crippen LogP contribution is -2.08. The van der Waals surface area contributed by atoms with Crippen molar-refractivity contribution in [2.75, 3.05) is 6.79 Å². The molecule has 0 spiro atoms. The summed E-state index contributed by atoms with van der Waals surface area (Å²) in [6.45, 7) is 1.84. The van der Waals surface area contributed by atoms with E-state index in [9.17, 15) is 14.0 Å². The van der Waals surface area contributed by atoms with Crippen molar-refractivity contribution < 1.29 is 32.9 Å². The summed E-state index contributed by atoms with van der Waals surface area (Å²) in [5.74, 6) is 0.468. The lowest BCUT2D eigenvalue weighted by Gasteiger charge is -2.08. The van der Waals surface area contributed by atoms with Gasteiger partial charge in [-0.1, -0.05) is 12.1 Å². The van der Waals surface area contributed by atoms with Gasteiger partial charge in [-0.25, -0.2) is 9.18 Å². The quantitative estimate of drug-likeness (QED) is 0.349. The van der Waals surface area contributed by atoms with E-state index in [2.05, 4.69) is 0 Å². The lowest BCUT2D eigenvalue weighted by molar-refractivity contribution is 0.0734. The van der Waals surface area contributed by atoms with Crippen LogP contribution in [0.4, 0.5) is 4.39 Å². The summed E-state index contributed by atoms with van der Waals surface area (Å²) in [7, 11) is 0. The summed E-state index contributed by atoms with van der Waals surface area (Å²) in [5.41, 5.74) is 1.94. The van der Waals surface area contributed by atoms with E-state index in [-0.39, 0.29) is 29.9 Å². The highest BCUT2D eigenvalue weighted by Crippen LogP contribution is 2.38. The van der Waals surface area contributed by atoms with Crippen LogP contribution in [0.3, 0.4) is 0 Å². The Morgan fingerprint density at radius 2 is 1.77 bits per heavy atom. The van der Waals surface area contributed by atoms with Crippen LogP contribution in [-0.2, 0) is 0 Å². The van der Waals surface area contributed by atoms with Crippen molar-refractivity contribution in [3.63, 3.8) is 0 Å². The van der Waals surface area contributed by atoms with Gasteiger partial charge >= 0.3 is 5.97 Å². The number of halogens is 1. The predicted molar refractivity (Wildman–Crippen MR) is 108 cm³/mol. The van der Waals surface area contributed by atoms with Crippen LogP contribution in [0.1, 0.15) is 31.8 Å². The topological polar surface area (TPSA) is 71.1 Å². The van der Waals surface area contributed by atoms with Gasteiger partial charge < -0.3 is 18.9 Å². The molecule has 0 radical (unpaired) electrons. The number of aryl methyl sites for hydroxylation is 1. The third-order valence-corrected chi connectivity index (χ3v) is 4.93. The van der Waals surface area contributed by atoms with Gasteiger partial charge in [-0.3, -0.25) is 4.79 Å². The minimum atomic E-state index is -0.580. The van der Waals surface area contributed by atoms with Gasteiger partial charge in [0.15, 0.2) is 17.3 Å². The monoisotopic (exact) mass is 418 g/mol. The third kappa shape index (κ3) is 3.50. The normalized spacial score (nSPS) is 15.0. The standard InChI is InChI=1S/C24H15FO6/c1-13-8-17(30-24(27)15-4-7-18-19(10-15)29-12-28-18)11-20-22(13)23(26)21(31-20)9-14-2-5-16(25)6-3-14/h2-11H,12H2,1H3/b21-9-. The van der Waals surface area contributed by atoms with Crippen molar-refractivity contribution in [2.24, 2.45) is 0 Å². The van der Waals surface area contributed by atoms with Crippen molar-refractivity contribution in [3.8, 4) is 23.0 Å². The second-order valence-corrected chi connectivity index (χ2v) is 7.06. The van der Waals surface area contributed by atoms with E-state index < -0.39 is 5.97 Å². The molecule has 154 valence electrons. The largest absolute Gasteiger partial charge is 0.454 e. The van der Waals surface area contributed by atoms with Crippen LogP contribution >= 0.6 is 0 Å². The van der Waals surface area contributed by atoms with Crippen LogP contribution in [0.25, 0.3) is 6.08 Å². The molecule has 31 heavy (non-hydrogen) atoms. The Balaban J connectivity index is 1.39. The maximum absolute atomic E-state index is 13.1. The number of fused-ring (bicyclic) bond motifs is 2. The summed E-state index contributed by atoms with van der Waals surface area (Å²) >= 11 is 0. The van der Waals surface area contributed by atoms with Gasteiger partial charge in [-0.15, -0.1) is 0 Å². The summed E-state index contributed by atoms with van der Waals surface area (Å²) in [6.07, 6.45) is 1.54. The zero-order valence-electron chi connectivity index (χ0n) is 16.3. The molecule has 0 amide bonds. The first kappa shape index (κ1) is 18.9. The molecular formula is C24H15FO6. The first-order valence-electron chi connectivity index (χ1n) is 9.44. The number of ether oxygens (including phenoxy) is 4. The van der Waals surface area contributed by atoms with E-state index >= 15 is 0 Å². The fraction of sp³-hybridized carbons (Fsp3) is 0.0833. The second kappa shape index (κ2) is 7.28. The lowest BCUT2D eigenvalue weighted by atomic mass is 10.0. The number of hydrogen-bond acceptors (Lipinski definition) is 6. The van der Waals surface area contributed by atoms with Gasteiger partial charge in [-0.05, 0) is 60.5 Å². The first-order valence-corrected chi connectivity index (χ1v) is 9.44. The minimum absolute atomic E-state index is 0.108. The van der Waals surface area contributed by atoms with Crippen LogP contribution in [-0.4, -0.2) is 18.5 Å². The highest BCUT2D eigenvalue weighted by molar-refractivity contribution is 6.15. The van der Waals surface area contributed by atoms with Gasteiger partial charge in [0.1, 0.15) is 17.3 Å². The van der Waals surface area contributed by atoms with Crippen LogP contribution in [0.5, 0.6) is 23.0 Å². The molecule has 0 aromatic heterocycles. The highest BCUT2D eigenvalue weighted by Gasteiger charge is 2.30. The maximum atomic E-state index is 13.1. The molecule has 5 rings (SSSR count). The Morgan fingerprint density at radius 1 is 1.00 bits per heavy atom. The number of carbonyl (C=O) groups excluding carboxylic acids is 2. The van der Waals surface area contributed by atoms with Gasteiger partial charge in [0.2, 0.25) is 12.6 Å². The molecule has 2 aliphatic heterocycles. The number of Topliss-reactive ketones (excluding diaryl/α,β-unsaturated/α-hetero) is 1. The number of rotatable bonds is 3. The summed E-state index contributed by atoms with van der Waals surface area (Å²) in [5, 5.41) is 0. The molecule has 0 fully saturated rings. The Labute approximate surface area is 176 Å². The van der Waals surface area contributed by atoms with Crippen molar-refractivity contribution in [2.45, 2.75) is 6.92 Å². The molecule has 0 unspecified atom stereocenters. The molecule has 0 atom stereocenters. The van der Waals surface area contributed by atoms with Crippen molar-refractivity contribution in [1.82, 2.24) is 0 Å². The Kier molecular flexibility index (Phi) is 4.43. The van der Waals surface area contributed by atoms with Crippen molar-refractivity contribution >= 4 is 17.8 Å². The SMILES string of the molecule is Cc1cc(OC(=O)c2ccc3c(c2)OCO3)cc2c1C(=O)/C(=C/c1ccc(F)cc1)O2. The Morgan fingerprint density at radius 3 is 2.58 bits per heavy atom. The van der Waals surface area contributed by atoms with Gasteiger partial charge in [0.25, 0.3) is 0 Å². The predicted octanol–water partition coefficient (Wildman–Crippen LogP) is 4.70. The number of hydrogen-bond donors (Lipinski definition) is 0. The molecule has 0 saturated heterocycles. The molecule has 6 nitrogen and oxygen atoms in total.